The molecule has 0 radical (unpaired) electrons. The summed E-state index contributed by atoms with van der Waals surface area (Å²) in [5.74, 6) is 1.56. The summed E-state index contributed by atoms with van der Waals surface area (Å²) in [5.41, 5.74) is 2.09. The van der Waals surface area contributed by atoms with E-state index in [1.54, 1.807) is 12.1 Å². The van der Waals surface area contributed by atoms with Crippen LogP contribution < -0.4 is 9.47 Å². The van der Waals surface area contributed by atoms with Crippen molar-refractivity contribution in [1.29, 1.82) is 0 Å². The predicted molar refractivity (Wildman–Crippen MR) is 94.6 cm³/mol. The zero-order valence-corrected chi connectivity index (χ0v) is 14.6. The van der Waals surface area contributed by atoms with Crippen LogP contribution in [0.4, 0.5) is 0 Å². The van der Waals surface area contributed by atoms with Crippen LogP contribution in [0.15, 0.2) is 48.8 Å². The monoisotopic (exact) mass is 360 g/mol. The minimum atomic E-state index is 0.279. The van der Waals surface area contributed by atoms with Gasteiger partial charge in [0.15, 0.2) is 0 Å². The van der Waals surface area contributed by atoms with Gasteiger partial charge < -0.3 is 9.47 Å². The highest BCUT2D eigenvalue weighted by Gasteiger charge is 2.09. The molecule has 0 N–H and O–H groups in total. The van der Waals surface area contributed by atoms with Crippen LogP contribution in [0.25, 0.3) is 0 Å². The molecule has 3 aromatic rings. The van der Waals surface area contributed by atoms with Gasteiger partial charge in [-0.3, -0.25) is 4.98 Å². The van der Waals surface area contributed by atoms with Crippen molar-refractivity contribution in [2.75, 3.05) is 0 Å². The topological polar surface area (TPSA) is 44.2 Å². The summed E-state index contributed by atoms with van der Waals surface area (Å²) in [5, 5.41) is 1.01. The Bertz CT molecular complexity index is 816. The molecule has 0 aliphatic carbocycles. The predicted octanol–water partition coefficient (Wildman–Crippen LogP) is 5.98. The molecule has 0 aliphatic heterocycles. The number of halogens is 2. The molecule has 0 fully saturated rings. The fourth-order valence-electron chi connectivity index (χ4n) is 2.03. The fraction of sp³-hybridized carbons (Fsp3) is 0.111. The third-order valence-electron chi connectivity index (χ3n) is 3.19. The molecule has 0 unspecified atom stereocenters. The SMILES string of the molecule is Cc1ccc(Oc2cncc(Oc3ccc(C)cc3Cl)n2)c(Cl)c1. The maximum absolute atomic E-state index is 6.16. The number of benzene rings is 2. The van der Waals surface area contributed by atoms with Gasteiger partial charge in [0.25, 0.3) is 0 Å². The Morgan fingerprint density at radius 1 is 0.750 bits per heavy atom. The summed E-state index contributed by atoms with van der Waals surface area (Å²) in [6.07, 6.45) is 2.97. The molecule has 0 spiro atoms. The number of aryl methyl sites for hydroxylation is 2. The molecule has 3 rings (SSSR count). The van der Waals surface area contributed by atoms with Gasteiger partial charge >= 0.3 is 0 Å². The number of hydrogen-bond donors (Lipinski definition) is 0. The van der Waals surface area contributed by atoms with Gasteiger partial charge in [-0.1, -0.05) is 35.3 Å². The molecule has 0 amide bonds. The minimum absolute atomic E-state index is 0.279. The highest BCUT2D eigenvalue weighted by Crippen LogP contribution is 2.32. The van der Waals surface area contributed by atoms with Crippen LogP contribution in [-0.2, 0) is 0 Å². The first-order chi connectivity index (χ1) is 11.5. The second-order valence-corrected chi connectivity index (χ2v) is 6.08. The molecular formula is C18H14Cl2N2O2. The lowest BCUT2D eigenvalue weighted by molar-refractivity contribution is 0.422. The van der Waals surface area contributed by atoms with Crippen molar-refractivity contribution in [3.8, 4) is 23.3 Å². The normalized spacial score (nSPS) is 10.5. The highest BCUT2D eigenvalue weighted by atomic mass is 35.5. The molecule has 0 bridgehead atoms. The summed E-state index contributed by atoms with van der Waals surface area (Å²) < 4.78 is 11.3. The van der Waals surface area contributed by atoms with Gasteiger partial charge in [0, 0.05) is 0 Å². The average molecular weight is 361 g/mol. The van der Waals surface area contributed by atoms with Crippen molar-refractivity contribution in [3.05, 3.63) is 70.0 Å². The van der Waals surface area contributed by atoms with E-state index in [-0.39, 0.29) is 11.8 Å². The maximum Gasteiger partial charge on any atom is 0.241 e. The summed E-state index contributed by atoms with van der Waals surface area (Å²) in [4.78, 5) is 8.34. The Morgan fingerprint density at radius 3 is 1.62 bits per heavy atom. The molecule has 0 atom stereocenters. The Kier molecular flexibility index (Phi) is 4.88. The van der Waals surface area contributed by atoms with E-state index in [9.17, 15) is 0 Å². The zero-order valence-electron chi connectivity index (χ0n) is 13.1. The van der Waals surface area contributed by atoms with Gasteiger partial charge in [0.05, 0.1) is 22.4 Å². The van der Waals surface area contributed by atoms with E-state index in [4.69, 9.17) is 32.7 Å². The molecule has 24 heavy (non-hydrogen) atoms. The van der Waals surface area contributed by atoms with Gasteiger partial charge in [-0.2, -0.15) is 4.98 Å². The van der Waals surface area contributed by atoms with Gasteiger partial charge in [-0.05, 0) is 49.2 Å². The Hall–Kier alpha value is -2.30. The van der Waals surface area contributed by atoms with E-state index in [0.717, 1.165) is 11.1 Å². The van der Waals surface area contributed by atoms with E-state index in [1.807, 2.05) is 38.1 Å². The second kappa shape index (κ2) is 7.07. The molecule has 2 aromatic carbocycles. The van der Waals surface area contributed by atoms with Crippen molar-refractivity contribution in [2.24, 2.45) is 0 Å². The summed E-state index contributed by atoms with van der Waals surface area (Å²) in [6.45, 7) is 3.91. The number of rotatable bonds is 4. The number of ether oxygens (including phenoxy) is 2. The van der Waals surface area contributed by atoms with Gasteiger partial charge in [0.1, 0.15) is 11.5 Å². The molecule has 0 saturated heterocycles. The Balaban J connectivity index is 1.81. The van der Waals surface area contributed by atoms with Gasteiger partial charge in [-0.25, -0.2) is 0 Å². The number of nitrogens with zero attached hydrogens (tertiary/aromatic N) is 2. The molecule has 4 nitrogen and oxygen atoms in total. The van der Waals surface area contributed by atoms with E-state index < -0.39 is 0 Å². The third-order valence-corrected chi connectivity index (χ3v) is 3.78. The van der Waals surface area contributed by atoms with Crippen LogP contribution in [0.2, 0.25) is 10.0 Å². The van der Waals surface area contributed by atoms with Crippen LogP contribution in [0, 0.1) is 13.8 Å². The first-order valence-electron chi connectivity index (χ1n) is 7.21. The molecule has 1 aromatic heterocycles. The number of hydrogen-bond acceptors (Lipinski definition) is 4. The lowest BCUT2D eigenvalue weighted by Crippen LogP contribution is -1.94. The largest absolute Gasteiger partial charge is 0.436 e. The highest BCUT2D eigenvalue weighted by molar-refractivity contribution is 6.32. The summed E-state index contributed by atoms with van der Waals surface area (Å²) in [6, 6.07) is 11.0. The molecular weight excluding hydrogens is 347 g/mol. The van der Waals surface area contributed by atoms with Gasteiger partial charge in [0.2, 0.25) is 11.8 Å². The van der Waals surface area contributed by atoms with E-state index in [2.05, 4.69) is 9.97 Å². The Morgan fingerprint density at radius 2 is 1.21 bits per heavy atom. The lowest BCUT2D eigenvalue weighted by atomic mass is 10.2. The smallest absolute Gasteiger partial charge is 0.241 e. The van der Waals surface area contributed by atoms with Crippen LogP contribution in [0.3, 0.4) is 0 Å². The standard InChI is InChI=1S/C18H14Cl2N2O2/c1-11-3-5-15(13(19)7-11)23-17-9-21-10-18(22-17)24-16-6-4-12(2)8-14(16)20/h3-10H,1-2H3. The molecule has 0 saturated carbocycles. The lowest BCUT2D eigenvalue weighted by Gasteiger charge is -2.10. The van der Waals surface area contributed by atoms with Crippen LogP contribution >= 0.6 is 23.2 Å². The van der Waals surface area contributed by atoms with E-state index in [0.29, 0.717) is 21.5 Å². The molecule has 0 aliphatic rings. The van der Waals surface area contributed by atoms with E-state index >= 15 is 0 Å². The van der Waals surface area contributed by atoms with Crippen LogP contribution in [0.5, 0.6) is 23.3 Å². The minimum Gasteiger partial charge on any atom is -0.436 e. The first-order valence-corrected chi connectivity index (χ1v) is 7.97. The number of aromatic nitrogens is 2. The van der Waals surface area contributed by atoms with Crippen molar-refractivity contribution in [2.45, 2.75) is 13.8 Å². The molecule has 1 heterocycles. The van der Waals surface area contributed by atoms with Crippen LogP contribution in [-0.4, -0.2) is 9.97 Å². The first kappa shape index (κ1) is 16.6. The average Bonchev–Trinajstić information content (AvgIpc) is 2.53. The van der Waals surface area contributed by atoms with Crippen molar-refractivity contribution >= 4 is 23.2 Å². The maximum atomic E-state index is 6.16. The van der Waals surface area contributed by atoms with Gasteiger partial charge in [-0.15, -0.1) is 0 Å². The molecule has 122 valence electrons. The van der Waals surface area contributed by atoms with Crippen LogP contribution in [0.1, 0.15) is 11.1 Å². The quantitative estimate of drug-likeness (QED) is 0.573. The van der Waals surface area contributed by atoms with E-state index in [1.165, 1.54) is 12.4 Å². The second-order valence-electron chi connectivity index (χ2n) is 5.27. The van der Waals surface area contributed by atoms with Crippen molar-refractivity contribution < 1.29 is 9.47 Å². The molecule has 6 heteroatoms. The zero-order chi connectivity index (χ0) is 17.1. The third kappa shape index (κ3) is 3.96. The summed E-state index contributed by atoms with van der Waals surface area (Å²) in [7, 11) is 0. The van der Waals surface area contributed by atoms with Crippen molar-refractivity contribution in [3.63, 3.8) is 0 Å². The van der Waals surface area contributed by atoms with Crippen molar-refractivity contribution in [1.82, 2.24) is 9.97 Å². The Labute approximate surface area is 150 Å². The summed E-state index contributed by atoms with van der Waals surface area (Å²) >= 11 is 12.3. The fourth-order valence-corrected chi connectivity index (χ4v) is 2.58.